The maximum atomic E-state index is 11.4. The van der Waals surface area contributed by atoms with Gasteiger partial charge in [-0.2, -0.15) is 0 Å². The van der Waals surface area contributed by atoms with Crippen LogP contribution in [0, 0.1) is 0 Å². The quantitative estimate of drug-likeness (QED) is 0.449. The Labute approximate surface area is 102 Å². The number of nitrogens with two attached hydrogens (primary N) is 1. The molecule has 0 bridgehead atoms. The summed E-state index contributed by atoms with van der Waals surface area (Å²) in [5.74, 6) is 0.542. The van der Waals surface area contributed by atoms with Gasteiger partial charge >= 0.3 is 0 Å². The van der Waals surface area contributed by atoms with Crippen molar-refractivity contribution in [2.45, 2.75) is 20.3 Å². The van der Waals surface area contributed by atoms with Crippen molar-refractivity contribution in [3.63, 3.8) is 0 Å². The van der Waals surface area contributed by atoms with Crippen LogP contribution >= 0.6 is 0 Å². The molecule has 0 aromatic heterocycles. The highest BCUT2D eigenvalue weighted by Gasteiger charge is 2.08. The first-order chi connectivity index (χ1) is 8.15. The summed E-state index contributed by atoms with van der Waals surface area (Å²) in [6, 6.07) is 5.09. The summed E-state index contributed by atoms with van der Waals surface area (Å²) in [4.78, 5) is 11.4. The van der Waals surface area contributed by atoms with Crippen LogP contribution < -0.4 is 10.5 Å². The number of nitrogen functional groups attached to an aromatic ring is 1. The molecule has 0 heterocycles. The highest BCUT2D eigenvalue weighted by atomic mass is 16.5. The number of hydrogen-bond donors (Lipinski definition) is 1. The Morgan fingerprint density at radius 2 is 2.12 bits per heavy atom. The maximum absolute atomic E-state index is 11.4. The molecule has 0 atom stereocenters. The number of carbonyl (C=O) groups excluding carboxylic acids is 1. The Morgan fingerprint density at radius 1 is 1.35 bits per heavy atom. The average Bonchev–Trinajstić information content (AvgIpc) is 2.30. The standard InChI is InChI=1S/C13H19NO3/c1-3-16-7-4-8-17-13-6-5-11(14)9-12(13)10(2)15/h5-6,9H,3-4,7-8,14H2,1-2H3. The maximum Gasteiger partial charge on any atom is 0.163 e. The molecule has 0 amide bonds. The Kier molecular flexibility index (Phi) is 5.49. The molecule has 94 valence electrons. The highest BCUT2D eigenvalue weighted by Crippen LogP contribution is 2.22. The first-order valence-corrected chi connectivity index (χ1v) is 5.76. The van der Waals surface area contributed by atoms with E-state index in [1.54, 1.807) is 18.2 Å². The number of anilines is 1. The van der Waals surface area contributed by atoms with Crippen LogP contribution in [-0.4, -0.2) is 25.6 Å². The van der Waals surface area contributed by atoms with Crippen LogP contribution in [0.5, 0.6) is 5.75 Å². The lowest BCUT2D eigenvalue weighted by atomic mass is 10.1. The smallest absolute Gasteiger partial charge is 0.163 e. The van der Waals surface area contributed by atoms with Crippen LogP contribution in [-0.2, 0) is 4.74 Å². The fourth-order valence-electron chi connectivity index (χ4n) is 1.44. The van der Waals surface area contributed by atoms with Gasteiger partial charge in [0.2, 0.25) is 0 Å². The van der Waals surface area contributed by atoms with Crippen LogP contribution in [0.4, 0.5) is 5.69 Å². The molecule has 0 aliphatic rings. The van der Waals surface area contributed by atoms with E-state index in [0.717, 1.165) is 6.42 Å². The second-order valence-electron chi connectivity index (χ2n) is 3.71. The fraction of sp³-hybridized carbons (Fsp3) is 0.462. The summed E-state index contributed by atoms with van der Waals surface area (Å²) >= 11 is 0. The minimum Gasteiger partial charge on any atom is -0.493 e. The van der Waals surface area contributed by atoms with Gasteiger partial charge in [-0.15, -0.1) is 0 Å². The van der Waals surface area contributed by atoms with E-state index in [0.29, 0.717) is 36.8 Å². The molecule has 0 aliphatic carbocycles. The third kappa shape index (κ3) is 4.44. The number of ketones is 1. The Morgan fingerprint density at radius 3 is 2.76 bits per heavy atom. The molecule has 0 unspecified atom stereocenters. The predicted octanol–water partition coefficient (Wildman–Crippen LogP) is 2.28. The molecule has 2 N–H and O–H groups in total. The number of hydrogen-bond acceptors (Lipinski definition) is 4. The lowest BCUT2D eigenvalue weighted by molar-refractivity contribution is 0.101. The summed E-state index contributed by atoms with van der Waals surface area (Å²) in [5.41, 5.74) is 6.73. The van der Waals surface area contributed by atoms with Gasteiger partial charge in [-0.1, -0.05) is 0 Å². The van der Waals surface area contributed by atoms with Crippen molar-refractivity contribution in [1.29, 1.82) is 0 Å². The van der Waals surface area contributed by atoms with E-state index in [9.17, 15) is 4.79 Å². The molecule has 4 nitrogen and oxygen atoms in total. The zero-order valence-electron chi connectivity index (χ0n) is 10.4. The summed E-state index contributed by atoms with van der Waals surface area (Å²) in [6.07, 6.45) is 0.801. The molecule has 0 aliphatic heterocycles. The van der Waals surface area contributed by atoms with Crippen molar-refractivity contribution in [3.8, 4) is 5.75 Å². The molecule has 17 heavy (non-hydrogen) atoms. The minimum atomic E-state index is -0.0443. The van der Waals surface area contributed by atoms with Crippen molar-refractivity contribution in [2.24, 2.45) is 0 Å². The number of ether oxygens (including phenoxy) is 2. The largest absolute Gasteiger partial charge is 0.493 e. The number of Topliss-reactive ketones (excluding diaryl/α,β-unsaturated/α-hetero) is 1. The van der Waals surface area contributed by atoms with E-state index >= 15 is 0 Å². The fourth-order valence-corrected chi connectivity index (χ4v) is 1.44. The molecule has 0 fully saturated rings. The Bertz CT molecular complexity index is 377. The Balaban J connectivity index is 2.55. The SMILES string of the molecule is CCOCCCOc1ccc(N)cc1C(C)=O. The van der Waals surface area contributed by atoms with E-state index in [1.165, 1.54) is 6.92 Å². The van der Waals surface area contributed by atoms with Gasteiger partial charge in [0.15, 0.2) is 5.78 Å². The van der Waals surface area contributed by atoms with Gasteiger partial charge < -0.3 is 15.2 Å². The van der Waals surface area contributed by atoms with E-state index in [1.807, 2.05) is 6.92 Å². The molecular weight excluding hydrogens is 218 g/mol. The molecule has 1 rings (SSSR count). The van der Waals surface area contributed by atoms with Gasteiger partial charge in [0.05, 0.1) is 12.2 Å². The number of benzene rings is 1. The molecule has 0 saturated heterocycles. The lowest BCUT2D eigenvalue weighted by Gasteiger charge is -2.10. The van der Waals surface area contributed by atoms with Crippen molar-refractivity contribution in [3.05, 3.63) is 23.8 Å². The topological polar surface area (TPSA) is 61.6 Å². The van der Waals surface area contributed by atoms with Crippen LogP contribution in [0.3, 0.4) is 0 Å². The summed E-state index contributed by atoms with van der Waals surface area (Å²) in [6.45, 7) is 5.36. The minimum absolute atomic E-state index is 0.0443. The van der Waals surface area contributed by atoms with Crippen molar-refractivity contribution >= 4 is 11.5 Å². The molecule has 1 aromatic carbocycles. The van der Waals surface area contributed by atoms with Gasteiger partial charge in [-0.3, -0.25) is 4.79 Å². The van der Waals surface area contributed by atoms with E-state index in [4.69, 9.17) is 15.2 Å². The van der Waals surface area contributed by atoms with E-state index < -0.39 is 0 Å². The third-order valence-electron chi connectivity index (χ3n) is 2.28. The van der Waals surface area contributed by atoms with Crippen LogP contribution in [0.25, 0.3) is 0 Å². The highest BCUT2D eigenvalue weighted by molar-refractivity contribution is 5.97. The second-order valence-corrected chi connectivity index (χ2v) is 3.71. The summed E-state index contributed by atoms with van der Waals surface area (Å²) < 4.78 is 10.7. The number of carbonyl (C=O) groups is 1. The summed E-state index contributed by atoms with van der Waals surface area (Å²) in [7, 11) is 0. The van der Waals surface area contributed by atoms with Gasteiger partial charge in [-0.25, -0.2) is 0 Å². The van der Waals surface area contributed by atoms with Crippen LogP contribution in [0.1, 0.15) is 30.6 Å². The van der Waals surface area contributed by atoms with Gasteiger partial charge in [0, 0.05) is 25.3 Å². The van der Waals surface area contributed by atoms with Crippen molar-refractivity contribution in [1.82, 2.24) is 0 Å². The monoisotopic (exact) mass is 237 g/mol. The zero-order chi connectivity index (χ0) is 12.7. The predicted molar refractivity (Wildman–Crippen MR) is 67.5 cm³/mol. The van der Waals surface area contributed by atoms with Crippen molar-refractivity contribution in [2.75, 3.05) is 25.6 Å². The lowest BCUT2D eigenvalue weighted by Crippen LogP contribution is -2.06. The van der Waals surface area contributed by atoms with Crippen LogP contribution in [0.15, 0.2) is 18.2 Å². The molecule has 4 heteroatoms. The Hall–Kier alpha value is -1.55. The molecule has 0 saturated carbocycles. The number of rotatable bonds is 7. The third-order valence-corrected chi connectivity index (χ3v) is 2.28. The molecule has 0 radical (unpaired) electrons. The van der Waals surface area contributed by atoms with Crippen molar-refractivity contribution < 1.29 is 14.3 Å². The van der Waals surface area contributed by atoms with E-state index in [2.05, 4.69) is 0 Å². The van der Waals surface area contributed by atoms with Gasteiger partial charge in [0.1, 0.15) is 5.75 Å². The first-order valence-electron chi connectivity index (χ1n) is 5.76. The van der Waals surface area contributed by atoms with E-state index in [-0.39, 0.29) is 5.78 Å². The van der Waals surface area contributed by atoms with Crippen LogP contribution in [0.2, 0.25) is 0 Å². The second kappa shape index (κ2) is 6.91. The van der Waals surface area contributed by atoms with Gasteiger partial charge in [-0.05, 0) is 32.0 Å². The molecular formula is C13H19NO3. The summed E-state index contributed by atoms with van der Waals surface area (Å²) in [5, 5.41) is 0. The van der Waals surface area contributed by atoms with Gasteiger partial charge in [0.25, 0.3) is 0 Å². The first kappa shape index (κ1) is 13.5. The molecule has 0 spiro atoms. The zero-order valence-corrected chi connectivity index (χ0v) is 10.4. The molecule has 1 aromatic rings. The average molecular weight is 237 g/mol. The normalized spacial score (nSPS) is 10.2.